The monoisotopic (exact) mass is 276 g/mol. The van der Waals surface area contributed by atoms with Gasteiger partial charge in [0.25, 0.3) is 0 Å². The van der Waals surface area contributed by atoms with Crippen molar-refractivity contribution in [1.29, 1.82) is 0 Å². The number of rotatable bonds is 3. The summed E-state index contributed by atoms with van der Waals surface area (Å²) >= 11 is 3.55. The molecule has 1 heterocycles. The molecule has 0 aliphatic rings. The highest BCUT2D eigenvalue weighted by atomic mass is 79.9. The van der Waals surface area contributed by atoms with Crippen LogP contribution in [0.1, 0.15) is 18.2 Å². The third kappa shape index (κ3) is 2.15. The van der Waals surface area contributed by atoms with Crippen LogP contribution in [0, 0.1) is 0 Å². The van der Waals surface area contributed by atoms with Crippen molar-refractivity contribution in [3.8, 4) is 0 Å². The molecule has 0 saturated carbocycles. The number of aromatic nitrogens is 1. The third-order valence-corrected chi connectivity index (χ3v) is 3.14. The largest absolute Gasteiger partial charge is 0.322 e. The second-order valence-corrected chi connectivity index (χ2v) is 4.53. The molecule has 0 saturated heterocycles. The molecular formula is C13H13BrN2. The Kier molecular flexibility index (Phi) is 3.36. The van der Waals surface area contributed by atoms with Crippen LogP contribution in [0.3, 0.4) is 0 Å². The van der Waals surface area contributed by atoms with Crippen molar-refractivity contribution >= 4 is 26.8 Å². The summed E-state index contributed by atoms with van der Waals surface area (Å²) in [4.78, 5) is 4.55. The minimum Gasteiger partial charge on any atom is -0.322 e. The van der Waals surface area contributed by atoms with Gasteiger partial charge in [0.2, 0.25) is 0 Å². The van der Waals surface area contributed by atoms with Gasteiger partial charge < -0.3 is 5.73 Å². The molecule has 2 N–H and O–H groups in total. The van der Waals surface area contributed by atoms with E-state index < -0.39 is 0 Å². The summed E-state index contributed by atoms with van der Waals surface area (Å²) in [5, 5.41) is 1.11. The number of pyridine rings is 1. The van der Waals surface area contributed by atoms with E-state index in [1.165, 1.54) is 0 Å². The molecule has 0 amide bonds. The highest BCUT2D eigenvalue weighted by molar-refractivity contribution is 9.10. The van der Waals surface area contributed by atoms with Crippen molar-refractivity contribution in [3.05, 3.63) is 53.2 Å². The molecule has 82 valence electrons. The normalized spacial score (nSPS) is 12.6. The number of nitrogens with zero attached hydrogens (tertiary/aromatic N) is 1. The van der Waals surface area contributed by atoms with Crippen LogP contribution < -0.4 is 5.73 Å². The number of hydrogen-bond acceptors (Lipinski definition) is 2. The van der Waals surface area contributed by atoms with E-state index in [2.05, 4.69) is 27.5 Å². The predicted molar refractivity (Wildman–Crippen MR) is 71.2 cm³/mol. The van der Waals surface area contributed by atoms with Gasteiger partial charge in [-0.15, -0.1) is 6.58 Å². The molecule has 0 unspecified atom stereocenters. The molecular weight excluding hydrogens is 264 g/mol. The van der Waals surface area contributed by atoms with Gasteiger partial charge in [0.05, 0.1) is 17.3 Å². The number of benzene rings is 1. The van der Waals surface area contributed by atoms with Crippen LogP contribution in [-0.2, 0) is 0 Å². The smallest absolute Gasteiger partial charge is 0.0717 e. The average Bonchev–Trinajstić information content (AvgIpc) is 2.29. The first-order valence-corrected chi connectivity index (χ1v) is 5.93. The number of hydrogen-bond donors (Lipinski definition) is 1. The van der Waals surface area contributed by atoms with Gasteiger partial charge in [0.1, 0.15) is 0 Å². The maximum Gasteiger partial charge on any atom is 0.0717 e. The molecule has 2 aromatic rings. The zero-order valence-electron chi connectivity index (χ0n) is 8.86. The molecule has 0 spiro atoms. The Morgan fingerprint density at radius 1 is 1.44 bits per heavy atom. The molecule has 0 aliphatic heterocycles. The molecule has 1 atom stereocenters. The number of para-hydroxylation sites is 1. The summed E-state index contributed by atoms with van der Waals surface area (Å²) in [6.07, 6.45) is 2.55. The maximum atomic E-state index is 6.01. The van der Waals surface area contributed by atoms with Crippen LogP contribution in [0.15, 0.2) is 47.5 Å². The van der Waals surface area contributed by atoms with E-state index in [4.69, 9.17) is 5.73 Å². The van der Waals surface area contributed by atoms with E-state index in [0.29, 0.717) is 0 Å². The van der Waals surface area contributed by atoms with Gasteiger partial charge in [0.15, 0.2) is 0 Å². The van der Waals surface area contributed by atoms with Crippen LogP contribution in [0.2, 0.25) is 0 Å². The fourth-order valence-corrected chi connectivity index (χ4v) is 2.21. The molecule has 0 bridgehead atoms. The van der Waals surface area contributed by atoms with Crippen LogP contribution in [0.5, 0.6) is 0 Å². The SMILES string of the molecule is C=CC[C@H](N)c1cc(Br)c2ccccc2n1. The van der Waals surface area contributed by atoms with Crippen LogP contribution in [0.25, 0.3) is 10.9 Å². The van der Waals surface area contributed by atoms with E-state index in [-0.39, 0.29) is 6.04 Å². The number of halogens is 1. The molecule has 0 fully saturated rings. The first-order chi connectivity index (χ1) is 7.72. The summed E-state index contributed by atoms with van der Waals surface area (Å²) in [7, 11) is 0. The van der Waals surface area contributed by atoms with Crippen molar-refractivity contribution in [3.63, 3.8) is 0 Å². The third-order valence-electron chi connectivity index (χ3n) is 2.49. The van der Waals surface area contributed by atoms with E-state index in [0.717, 1.165) is 27.5 Å². The van der Waals surface area contributed by atoms with Gasteiger partial charge in [-0.1, -0.05) is 40.2 Å². The van der Waals surface area contributed by atoms with Gasteiger partial charge in [-0.3, -0.25) is 4.98 Å². The van der Waals surface area contributed by atoms with Gasteiger partial charge in [0, 0.05) is 9.86 Å². The Hall–Kier alpha value is -1.19. The van der Waals surface area contributed by atoms with Crippen LogP contribution in [-0.4, -0.2) is 4.98 Å². The fourth-order valence-electron chi connectivity index (χ4n) is 1.64. The van der Waals surface area contributed by atoms with Crippen LogP contribution >= 0.6 is 15.9 Å². The lowest BCUT2D eigenvalue weighted by atomic mass is 10.1. The average molecular weight is 277 g/mol. The molecule has 1 aromatic heterocycles. The first kappa shape index (κ1) is 11.3. The Balaban J connectivity index is 2.53. The van der Waals surface area contributed by atoms with E-state index in [1.54, 1.807) is 0 Å². The molecule has 3 heteroatoms. The van der Waals surface area contributed by atoms with E-state index >= 15 is 0 Å². The molecule has 2 rings (SSSR count). The van der Waals surface area contributed by atoms with Gasteiger partial charge in [-0.2, -0.15) is 0 Å². The Morgan fingerprint density at radius 2 is 2.19 bits per heavy atom. The quantitative estimate of drug-likeness (QED) is 0.871. The summed E-state index contributed by atoms with van der Waals surface area (Å²) < 4.78 is 1.03. The number of fused-ring (bicyclic) bond motifs is 1. The fraction of sp³-hybridized carbons (Fsp3) is 0.154. The summed E-state index contributed by atoms with van der Waals surface area (Å²) in [6.45, 7) is 3.69. The summed E-state index contributed by atoms with van der Waals surface area (Å²) in [5.41, 5.74) is 7.87. The zero-order valence-corrected chi connectivity index (χ0v) is 10.4. The maximum absolute atomic E-state index is 6.01. The first-order valence-electron chi connectivity index (χ1n) is 5.14. The highest BCUT2D eigenvalue weighted by Crippen LogP contribution is 2.26. The lowest BCUT2D eigenvalue weighted by molar-refractivity contribution is 0.717. The number of nitrogens with two attached hydrogens (primary N) is 1. The highest BCUT2D eigenvalue weighted by Gasteiger charge is 2.09. The van der Waals surface area contributed by atoms with Crippen molar-refractivity contribution in [2.24, 2.45) is 5.73 Å². The minimum absolute atomic E-state index is 0.0848. The summed E-state index contributed by atoms with van der Waals surface area (Å²) in [6, 6.07) is 9.90. The van der Waals surface area contributed by atoms with E-state index in [9.17, 15) is 0 Å². The Labute approximate surface area is 103 Å². The van der Waals surface area contributed by atoms with Gasteiger partial charge in [-0.25, -0.2) is 0 Å². The molecule has 16 heavy (non-hydrogen) atoms. The van der Waals surface area contributed by atoms with E-state index in [1.807, 2.05) is 36.4 Å². The van der Waals surface area contributed by atoms with Crippen molar-refractivity contribution < 1.29 is 0 Å². The molecule has 0 aliphatic carbocycles. The zero-order chi connectivity index (χ0) is 11.5. The minimum atomic E-state index is -0.0848. The van der Waals surface area contributed by atoms with Crippen molar-refractivity contribution in [2.45, 2.75) is 12.5 Å². The van der Waals surface area contributed by atoms with Gasteiger partial charge in [-0.05, 0) is 18.6 Å². The van der Waals surface area contributed by atoms with Crippen molar-refractivity contribution in [2.75, 3.05) is 0 Å². The lowest BCUT2D eigenvalue weighted by Crippen LogP contribution is -2.11. The molecule has 2 nitrogen and oxygen atoms in total. The Morgan fingerprint density at radius 3 is 2.94 bits per heavy atom. The Bertz CT molecular complexity index is 522. The molecule has 1 aromatic carbocycles. The van der Waals surface area contributed by atoms with Gasteiger partial charge >= 0.3 is 0 Å². The molecule has 0 radical (unpaired) electrons. The second kappa shape index (κ2) is 4.76. The standard InChI is InChI=1S/C13H13BrN2/c1-2-5-11(15)13-8-10(14)9-6-3-4-7-12(9)16-13/h2-4,6-8,11H,1,5,15H2/t11-/m0/s1. The second-order valence-electron chi connectivity index (χ2n) is 3.68. The van der Waals surface area contributed by atoms with Crippen LogP contribution in [0.4, 0.5) is 0 Å². The van der Waals surface area contributed by atoms with Crippen molar-refractivity contribution in [1.82, 2.24) is 4.98 Å². The topological polar surface area (TPSA) is 38.9 Å². The predicted octanol–water partition coefficient (Wildman–Crippen LogP) is 3.57. The summed E-state index contributed by atoms with van der Waals surface area (Å²) in [5.74, 6) is 0. The lowest BCUT2D eigenvalue weighted by Gasteiger charge is -2.10.